The average molecular weight is 122 g/mol. The number of hydrogen-bond acceptors (Lipinski definition) is 6. The summed E-state index contributed by atoms with van der Waals surface area (Å²) in [5, 5.41) is 0. The van der Waals surface area contributed by atoms with Crippen LogP contribution in [-0.4, -0.2) is 13.1 Å². The first-order valence-electron chi connectivity index (χ1n) is 2.09. The van der Waals surface area contributed by atoms with Crippen LogP contribution in [0.25, 0.3) is 0 Å². The van der Waals surface area contributed by atoms with Gasteiger partial charge in [0.25, 0.3) is 0 Å². The molecule has 50 valence electrons. The molecule has 0 aliphatic heterocycles. The molecule has 0 fully saturated rings. The van der Waals surface area contributed by atoms with Gasteiger partial charge in [0.05, 0.1) is 0 Å². The van der Waals surface area contributed by atoms with Gasteiger partial charge >= 0.3 is 0 Å². The molecule has 0 radical (unpaired) electrons. The first-order valence-corrected chi connectivity index (χ1v) is 2.09. The largest absolute Gasteiger partial charge is 0.217 e. The molecular formula is C2H10N4O2. The second-order valence-corrected chi connectivity index (χ2v) is 1.02. The summed E-state index contributed by atoms with van der Waals surface area (Å²) < 4.78 is 0. The molecular weight excluding hydrogens is 112 g/mol. The molecule has 6 N–H and O–H groups in total. The molecule has 0 aliphatic carbocycles. The molecule has 0 aromatic carbocycles. The van der Waals surface area contributed by atoms with E-state index in [0.29, 0.717) is 13.1 Å². The fourth-order valence-corrected chi connectivity index (χ4v) is 0.220. The lowest BCUT2D eigenvalue weighted by atomic mass is 10.7. The van der Waals surface area contributed by atoms with Crippen LogP contribution in [0.5, 0.6) is 0 Å². The Hall–Kier alpha value is -0.240. The van der Waals surface area contributed by atoms with E-state index in [0.717, 1.165) is 0 Å². The van der Waals surface area contributed by atoms with Crippen molar-refractivity contribution in [2.24, 2.45) is 11.8 Å². The van der Waals surface area contributed by atoms with Gasteiger partial charge in [-0.1, -0.05) is 0 Å². The third-order valence-corrected chi connectivity index (χ3v) is 0.496. The minimum Gasteiger partial charge on any atom is -0.217 e. The van der Waals surface area contributed by atoms with E-state index in [-0.39, 0.29) is 0 Å². The van der Waals surface area contributed by atoms with Crippen molar-refractivity contribution in [1.29, 1.82) is 0 Å². The van der Waals surface area contributed by atoms with Crippen LogP contribution >= 0.6 is 0 Å². The van der Waals surface area contributed by atoms with E-state index in [1.54, 1.807) is 0 Å². The van der Waals surface area contributed by atoms with Gasteiger partial charge in [-0.15, -0.1) is 0 Å². The molecule has 0 unspecified atom stereocenters. The Morgan fingerprint density at radius 3 is 1.62 bits per heavy atom. The summed E-state index contributed by atoms with van der Waals surface area (Å²) in [4.78, 5) is 8.00. The van der Waals surface area contributed by atoms with Crippen LogP contribution in [0.3, 0.4) is 0 Å². The van der Waals surface area contributed by atoms with E-state index in [1.165, 1.54) is 0 Å². The molecule has 6 nitrogen and oxygen atoms in total. The first kappa shape index (κ1) is 7.76. The third kappa shape index (κ3) is 5.76. The minimum absolute atomic E-state index is 0.535. The predicted octanol–water partition coefficient (Wildman–Crippen LogP) is -2.22. The fourth-order valence-electron chi connectivity index (χ4n) is 0.220. The van der Waals surface area contributed by atoms with Gasteiger partial charge in [-0.25, -0.2) is 9.88 Å². The quantitative estimate of drug-likeness (QED) is 0.244. The minimum atomic E-state index is 0.535. The van der Waals surface area contributed by atoms with Crippen molar-refractivity contribution < 1.29 is 9.88 Å². The highest BCUT2D eigenvalue weighted by molar-refractivity contribution is 4.32. The molecule has 8 heavy (non-hydrogen) atoms. The number of hydrogen-bond donors (Lipinski definition) is 4. The smallest absolute Gasteiger partial charge is 0.0378 e. The van der Waals surface area contributed by atoms with Crippen molar-refractivity contribution in [3.8, 4) is 0 Å². The standard InChI is InChI=1S/C2H10N4O2/c3-7-5-1-2-6-8-4/h5-6H,1-4H2. The zero-order valence-corrected chi connectivity index (χ0v) is 4.39. The van der Waals surface area contributed by atoms with Gasteiger partial charge in [-0.2, -0.15) is 22.8 Å². The molecule has 0 rings (SSSR count). The summed E-state index contributed by atoms with van der Waals surface area (Å²) in [6.45, 7) is 1.07. The topological polar surface area (TPSA) is 94.6 Å². The monoisotopic (exact) mass is 122 g/mol. The molecule has 6 heteroatoms. The Bertz CT molecular complexity index is 37.0. The molecule has 0 aromatic heterocycles. The van der Waals surface area contributed by atoms with Crippen LogP contribution < -0.4 is 22.8 Å². The molecule has 0 atom stereocenters. The van der Waals surface area contributed by atoms with Gasteiger partial charge in [0, 0.05) is 13.1 Å². The van der Waals surface area contributed by atoms with Crippen LogP contribution in [0, 0.1) is 0 Å². The van der Waals surface area contributed by atoms with Crippen LogP contribution in [0.15, 0.2) is 0 Å². The van der Waals surface area contributed by atoms with Crippen molar-refractivity contribution in [3.63, 3.8) is 0 Å². The lowest BCUT2D eigenvalue weighted by Crippen LogP contribution is -2.30. The van der Waals surface area contributed by atoms with Gasteiger partial charge < -0.3 is 0 Å². The van der Waals surface area contributed by atoms with Gasteiger partial charge in [-0.3, -0.25) is 0 Å². The Labute approximate surface area is 46.9 Å². The molecule has 0 saturated carbocycles. The summed E-state index contributed by atoms with van der Waals surface area (Å²) in [5.74, 6) is 9.20. The highest BCUT2D eigenvalue weighted by Gasteiger charge is 1.80. The maximum atomic E-state index is 4.60. The van der Waals surface area contributed by atoms with Crippen molar-refractivity contribution in [2.45, 2.75) is 0 Å². The number of hydroxylamine groups is 2. The van der Waals surface area contributed by atoms with Crippen molar-refractivity contribution in [1.82, 2.24) is 11.0 Å². The molecule has 0 bridgehead atoms. The maximum absolute atomic E-state index is 4.60. The van der Waals surface area contributed by atoms with Crippen molar-refractivity contribution in [3.05, 3.63) is 0 Å². The van der Waals surface area contributed by atoms with E-state index in [1.807, 2.05) is 0 Å². The number of rotatable bonds is 5. The Morgan fingerprint density at radius 1 is 1.00 bits per heavy atom. The van der Waals surface area contributed by atoms with E-state index < -0.39 is 0 Å². The van der Waals surface area contributed by atoms with Gasteiger partial charge in [0.2, 0.25) is 0 Å². The van der Waals surface area contributed by atoms with Gasteiger partial charge in [-0.05, 0) is 0 Å². The normalized spacial score (nSPS) is 9.75. The second kappa shape index (κ2) is 6.76. The van der Waals surface area contributed by atoms with Crippen molar-refractivity contribution in [2.75, 3.05) is 13.1 Å². The molecule has 0 spiro atoms. The fraction of sp³-hybridized carbons (Fsp3) is 1.00. The average Bonchev–Trinajstić information content (AvgIpc) is 1.81. The summed E-state index contributed by atoms with van der Waals surface area (Å²) in [6, 6.07) is 0. The Morgan fingerprint density at radius 2 is 1.38 bits per heavy atom. The second-order valence-electron chi connectivity index (χ2n) is 1.02. The highest BCUT2D eigenvalue weighted by atomic mass is 16.8. The SMILES string of the molecule is NONCCNON. The lowest BCUT2D eigenvalue weighted by Gasteiger charge is -1.98. The third-order valence-electron chi connectivity index (χ3n) is 0.496. The van der Waals surface area contributed by atoms with Crippen LogP contribution in [0.1, 0.15) is 0 Å². The maximum Gasteiger partial charge on any atom is 0.0378 e. The van der Waals surface area contributed by atoms with Crippen LogP contribution in [0.2, 0.25) is 0 Å². The first-order chi connectivity index (χ1) is 3.91. The number of nitrogens with two attached hydrogens (primary N) is 2. The lowest BCUT2D eigenvalue weighted by molar-refractivity contribution is 0.0116. The molecule has 0 aromatic rings. The van der Waals surface area contributed by atoms with E-state index in [9.17, 15) is 0 Å². The predicted molar refractivity (Wildman–Crippen MR) is 26.6 cm³/mol. The Kier molecular flexibility index (Phi) is 6.56. The zero-order chi connectivity index (χ0) is 6.24. The molecule has 0 aliphatic rings. The molecule has 0 saturated heterocycles. The van der Waals surface area contributed by atoms with E-state index in [4.69, 9.17) is 0 Å². The van der Waals surface area contributed by atoms with Crippen LogP contribution in [0.4, 0.5) is 0 Å². The van der Waals surface area contributed by atoms with Crippen molar-refractivity contribution >= 4 is 0 Å². The summed E-state index contributed by atoms with van der Waals surface area (Å²) in [7, 11) is 0. The molecule has 0 amide bonds. The highest BCUT2D eigenvalue weighted by Crippen LogP contribution is 1.52. The zero-order valence-electron chi connectivity index (χ0n) is 4.39. The van der Waals surface area contributed by atoms with Gasteiger partial charge in [0.15, 0.2) is 0 Å². The number of nitrogens with one attached hydrogen (secondary N) is 2. The molecule has 0 heterocycles. The summed E-state index contributed by atoms with van der Waals surface area (Å²) >= 11 is 0. The summed E-state index contributed by atoms with van der Waals surface area (Å²) in [5.41, 5.74) is 4.73. The van der Waals surface area contributed by atoms with Crippen LogP contribution in [-0.2, 0) is 9.88 Å². The van der Waals surface area contributed by atoms with Gasteiger partial charge in [0.1, 0.15) is 0 Å². The van der Waals surface area contributed by atoms with E-state index >= 15 is 0 Å². The summed E-state index contributed by atoms with van der Waals surface area (Å²) in [6.07, 6.45) is 0. The van der Waals surface area contributed by atoms with E-state index in [2.05, 4.69) is 32.6 Å². The Balaban J connectivity index is 2.53.